The first-order valence-electron chi connectivity index (χ1n) is 6.02. The summed E-state index contributed by atoms with van der Waals surface area (Å²) in [4.78, 5) is 12.0. The quantitative estimate of drug-likeness (QED) is 0.874. The van der Waals surface area contributed by atoms with Crippen LogP contribution >= 0.6 is 0 Å². The molecule has 0 aliphatic heterocycles. The molecular formula is C14H14N2O2. The molecule has 1 N–H and O–H groups in total. The topological polar surface area (TPSA) is 55.1 Å². The molecule has 0 spiro atoms. The fourth-order valence-electron chi connectivity index (χ4n) is 2.43. The van der Waals surface area contributed by atoms with E-state index in [0.29, 0.717) is 11.3 Å². The number of aromatic nitrogens is 1. The molecule has 1 aromatic heterocycles. The summed E-state index contributed by atoms with van der Waals surface area (Å²) in [5, 5.41) is 6.75. The third kappa shape index (κ3) is 1.90. The standard InChI is InChI=1S/C14H14N2O2/c1-9-13(8-18-16-9)14(17)15-12-6-10-4-2-3-5-11(10)7-12/h2-5,8,12H,6-7H2,1H3,(H,15,17). The highest BCUT2D eigenvalue weighted by Crippen LogP contribution is 2.22. The summed E-state index contributed by atoms with van der Waals surface area (Å²) < 4.78 is 4.78. The van der Waals surface area contributed by atoms with Crippen LogP contribution in [-0.2, 0) is 12.8 Å². The van der Waals surface area contributed by atoms with Crippen LogP contribution in [0.25, 0.3) is 0 Å². The van der Waals surface area contributed by atoms with Gasteiger partial charge in [0.05, 0.1) is 5.69 Å². The lowest BCUT2D eigenvalue weighted by Gasteiger charge is -2.10. The van der Waals surface area contributed by atoms with Crippen LogP contribution in [0.2, 0.25) is 0 Å². The minimum absolute atomic E-state index is 0.105. The van der Waals surface area contributed by atoms with E-state index in [4.69, 9.17) is 4.52 Å². The minimum atomic E-state index is -0.105. The number of aryl methyl sites for hydroxylation is 1. The SMILES string of the molecule is Cc1nocc1C(=O)NC1Cc2ccccc2C1. The first-order chi connectivity index (χ1) is 8.74. The Morgan fingerprint density at radius 2 is 2.00 bits per heavy atom. The predicted molar refractivity (Wildman–Crippen MR) is 66.3 cm³/mol. The van der Waals surface area contributed by atoms with E-state index in [9.17, 15) is 4.79 Å². The van der Waals surface area contributed by atoms with Crippen LogP contribution in [0, 0.1) is 6.92 Å². The van der Waals surface area contributed by atoms with Crippen molar-refractivity contribution in [2.24, 2.45) is 0 Å². The first kappa shape index (κ1) is 11.0. The van der Waals surface area contributed by atoms with E-state index in [1.807, 2.05) is 12.1 Å². The van der Waals surface area contributed by atoms with Gasteiger partial charge < -0.3 is 9.84 Å². The summed E-state index contributed by atoms with van der Waals surface area (Å²) in [7, 11) is 0. The van der Waals surface area contributed by atoms with Gasteiger partial charge in [0.1, 0.15) is 11.8 Å². The van der Waals surface area contributed by atoms with E-state index in [-0.39, 0.29) is 11.9 Å². The predicted octanol–water partition coefficient (Wildman–Crippen LogP) is 1.88. The Morgan fingerprint density at radius 1 is 1.33 bits per heavy atom. The highest BCUT2D eigenvalue weighted by Gasteiger charge is 2.24. The summed E-state index contributed by atoms with van der Waals surface area (Å²) in [5.41, 5.74) is 3.80. The molecule has 0 saturated carbocycles. The molecular weight excluding hydrogens is 228 g/mol. The van der Waals surface area contributed by atoms with Crippen LogP contribution in [-0.4, -0.2) is 17.1 Å². The lowest BCUT2D eigenvalue weighted by molar-refractivity contribution is 0.0937. The van der Waals surface area contributed by atoms with Crippen LogP contribution in [0.1, 0.15) is 27.2 Å². The van der Waals surface area contributed by atoms with Crippen LogP contribution in [0.4, 0.5) is 0 Å². The third-order valence-electron chi connectivity index (χ3n) is 3.38. The highest BCUT2D eigenvalue weighted by molar-refractivity contribution is 5.95. The number of benzene rings is 1. The number of carbonyl (C=O) groups is 1. The fraction of sp³-hybridized carbons (Fsp3) is 0.286. The maximum atomic E-state index is 12.0. The van der Waals surface area contributed by atoms with Crippen LogP contribution < -0.4 is 5.32 Å². The molecule has 0 atom stereocenters. The molecule has 4 nitrogen and oxygen atoms in total. The normalized spacial score (nSPS) is 14.5. The summed E-state index contributed by atoms with van der Waals surface area (Å²) in [5.74, 6) is -0.105. The van der Waals surface area contributed by atoms with Crippen molar-refractivity contribution in [3.05, 3.63) is 52.9 Å². The minimum Gasteiger partial charge on any atom is -0.364 e. The van der Waals surface area contributed by atoms with Gasteiger partial charge in [0, 0.05) is 6.04 Å². The molecule has 3 rings (SSSR count). The second-order valence-electron chi connectivity index (χ2n) is 4.66. The molecule has 1 aliphatic carbocycles. The van der Waals surface area contributed by atoms with Gasteiger partial charge in [0.15, 0.2) is 0 Å². The van der Waals surface area contributed by atoms with Gasteiger partial charge in [0.2, 0.25) is 0 Å². The summed E-state index contributed by atoms with van der Waals surface area (Å²) in [6.07, 6.45) is 3.19. The smallest absolute Gasteiger partial charge is 0.256 e. The Morgan fingerprint density at radius 3 is 2.56 bits per heavy atom. The van der Waals surface area contributed by atoms with Crippen LogP contribution in [0.3, 0.4) is 0 Å². The largest absolute Gasteiger partial charge is 0.364 e. The Balaban J connectivity index is 1.70. The van der Waals surface area contributed by atoms with E-state index < -0.39 is 0 Å². The van der Waals surface area contributed by atoms with Crippen molar-refractivity contribution in [3.8, 4) is 0 Å². The van der Waals surface area contributed by atoms with E-state index in [0.717, 1.165) is 12.8 Å². The Labute approximate surface area is 105 Å². The molecule has 0 radical (unpaired) electrons. The number of fused-ring (bicyclic) bond motifs is 1. The number of hydrogen-bond donors (Lipinski definition) is 1. The third-order valence-corrected chi connectivity index (χ3v) is 3.38. The molecule has 0 bridgehead atoms. The maximum Gasteiger partial charge on any atom is 0.256 e. The molecule has 18 heavy (non-hydrogen) atoms. The van der Waals surface area contributed by atoms with E-state index in [2.05, 4.69) is 22.6 Å². The second kappa shape index (κ2) is 4.29. The van der Waals surface area contributed by atoms with Crippen molar-refractivity contribution < 1.29 is 9.32 Å². The summed E-state index contributed by atoms with van der Waals surface area (Å²) in [6, 6.07) is 8.47. The number of nitrogens with zero attached hydrogens (tertiary/aromatic N) is 1. The summed E-state index contributed by atoms with van der Waals surface area (Å²) in [6.45, 7) is 1.77. The molecule has 1 amide bonds. The van der Waals surface area contributed by atoms with E-state index in [1.165, 1.54) is 17.4 Å². The van der Waals surface area contributed by atoms with Gasteiger partial charge in [-0.3, -0.25) is 4.79 Å². The fourth-order valence-corrected chi connectivity index (χ4v) is 2.43. The number of carbonyl (C=O) groups excluding carboxylic acids is 1. The zero-order valence-electron chi connectivity index (χ0n) is 10.1. The van der Waals surface area contributed by atoms with Gasteiger partial charge in [-0.1, -0.05) is 29.4 Å². The molecule has 92 valence electrons. The lowest BCUT2D eigenvalue weighted by atomic mass is 10.1. The zero-order valence-corrected chi connectivity index (χ0v) is 10.1. The van der Waals surface area contributed by atoms with Gasteiger partial charge in [-0.2, -0.15) is 0 Å². The zero-order chi connectivity index (χ0) is 12.5. The van der Waals surface area contributed by atoms with E-state index in [1.54, 1.807) is 6.92 Å². The van der Waals surface area contributed by atoms with Crippen molar-refractivity contribution in [3.63, 3.8) is 0 Å². The molecule has 1 aliphatic rings. The maximum absolute atomic E-state index is 12.0. The van der Waals surface area contributed by atoms with Crippen molar-refractivity contribution in [1.82, 2.24) is 10.5 Å². The Hall–Kier alpha value is -2.10. The van der Waals surface area contributed by atoms with Crippen molar-refractivity contribution in [1.29, 1.82) is 0 Å². The number of hydrogen-bond acceptors (Lipinski definition) is 3. The number of amides is 1. The van der Waals surface area contributed by atoms with Crippen LogP contribution in [0.15, 0.2) is 35.1 Å². The molecule has 1 aromatic carbocycles. The van der Waals surface area contributed by atoms with Gasteiger partial charge in [-0.25, -0.2) is 0 Å². The van der Waals surface area contributed by atoms with Crippen LogP contribution in [0.5, 0.6) is 0 Å². The van der Waals surface area contributed by atoms with Gasteiger partial charge in [-0.15, -0.1) is 0 Å². The van der Waals surface area contributed by atoms with Gasteiger partial charge in [0.25, 0.3) is 5.91 Å². The molecule has 4 heteroatoms. The highest BCUT2D eigenvalue weighted by atomic mass is 16.5. The Bertz CT molecular complexity index is 564. The Kier molecular flexibility index (Phi) is 2.63. The lowest BCUT2D eigenvalue weighted by Crippen LogP contribution is -2.35. The average Bonchev–Trinajstić information content (AvgIpc) is 2.94. The van der Waals surface area contributed by atoms with Gasteiger partial charge in [-0.05, 0) is 30.9 Å². The molecule has 0 fully saturated rings. The first-order valence-corrected chi connectivity index (χ1v) is 6.02. The van der Waals surface area contributed by atoms with Crippen molar-refractivity contribution in [2.75, 3.05) is 0 Å². The van der Waals surface area contributed by atoms with Crippen molar-refractivity contribution in [2.45, 2.75) is 25.8 Å². The average molecular weight is 242 g/mol. The number of rotatable bonds is 2. The van der Waals surface area contributed by atoms with Gasteiger partial charge >= 0.3 is 0 Å². The summed E-state index contributed by atoms with van der Waals surface area (Å²) >= 11 is 0. The molecule has 1 heterocycles. The second-order valence-corrected chi connectivity index (χ2v) is 4.66. The monoisotopic (exact) mass is 242 g/mol. The molecule has 0 unspecified atom stereocenters. The van der Waals surface area contributed by atoms with E-state index >= 15 is 0 Å². The van der Waals surface area contributed by atoms with Crippen molar-refractivity contribution >= 4 is 5.91 Å². The molecule has 0 saturated heterocycles. The molecule has 2 aromatic rings. The number of nitrogens with one attached hydrogen (secondary N) is 1.